The maximum Gasteiger partial charge on any atom is 0.158 e. The van der Waals surface area contributed by atoms with Crippen LogP contribution >= 0.6 is 0 Å². The Labute approximate surface area is 204 Å². The van der Waals surface area contributed by atoms with Crippen molar-refractivity contribution in [3.05, 3.63) is 41.3 Å². The zero-order chi connectivity index (χ0) is 24.5. The van der Waals surface area contributed by atoms with E-state index in [1.165, 1.54) is 5.56 Å². The fraction of sp³-hybridized carbons (Fsp3) is 0.440. The number of nitrogens with one attached hydrogen (secondary N) is 1. The first kappa shape index (κ1) is 22.2. The highest BCUT2D eigenvalue weighted by molar-refractivity contribution is 7.91. The van der Waals surface area contributed by atoms with Gasteiger partial charge in [-0.2, -0.15) is 5.10 Å². The Morgan fingerprint density at radius 3 is 2.66 bits per heavy atom. The zero-order valence-corrected chi connectivity index (χ0v) is 21.2. The molecule has 0 spiro atoms. The Morgan fingerprint density at radius 1 is 1.14 bits per heavy atom. The molecule has 0 radical (unpaired) electrons. The van der Waals surface area contributed by atoms with Crippen LogP contribution in [0.5, 0.6) is 0 Å². The average molecular weight is 492 g/mol. The lowest BCUT2D eigenvalue weighted by Crippen LogP contribution is -2.32. The van der Waals surface area contributed by atoms with Crippen molar-refractivity contribution in [3.8, 4) is 11.3 Å². The summed E-state index contributed by atoms with van der Waals surface area (Å²) in [5, 5.41) is 4.36. The summed E-state index contributed by atoms with van der Waals surface area (Å²) in [5.74, 6) is 2.47. The normalized spacial score (nSPS) is 19.5. The fourth-order valence-electron chi connectivity index (χ4n) is 5.24. The molecule has 0 amide bonds. The third-order valence-electron chi connectivity index (χ3n) is 7.39. The Kier molecular flexibility index (Phi) is 5.00. The summed E-state index contributed by atoms with van der Waals surface area (Å²) in [6.45, 7) is 9.36. The second kappa shape index (κ2) is 7.87. The maximum atomic E-state index is 11.7. The number of aromatic amines is 1. The number of hydrogen-bond acceptors (Lipinski definition) is 6. The van der Waals surface area contributed by atoms with Crippen LogP contribution in [0, 0.1) is 13.8 Å². The number of aromatic nitrogens is 5. The van der Waals surface area contributed by atoms with Crippen LogP contribution in [0.4, 0.5) is 5.82 Å². The Hall–Kier alpha value is -3.27. The molecule has 0 saturated carbocycles. The molecule has 2 aliphatic rings. The molecule has 4 aromatic heterocycles. The largest absolute Gasteiger partial charge is 0.353 e. The van der Waals surface area contributed by atoms with Crippen molar-refractivity contribution in [3.63, 3.8) is 0 Å². The quantitative estimate of drug-likeness (QED) is 0.433. The molecule has 0 aliphatic carbocycles. The molecular weight excluding hydrogens is 462 g/mol. The van der Waals surface area contributed by atoms with Crippen LogP contribution in [-0.2, 0) is 9.84 Å². The third-order valence-corrected chi connectivity index (χ3v) is 9.10. The summed E-state index contributed by atoms with van der Waals surface area (Å²) >= 11 is 0. The molecule has 0 atom stereocenters. The first-order valence-electron chi connectivity index (χ1n) is 12.1. The first-order valence-corrected chi connectivity index (χ1v) is 13.9. The van der Waals surface area contributed by atoms with Gasteiger partial charge in [-0.15, -0.1) is 0 Å². The van der Waals surface area contributed by atoms with E-state index in [-0.39, 0.29) is 23.5 Å². The van der Waals surface area contributed by atoms with Crippen molar-refractivity contribution < 1.29 is 8.42 Å². The Bertz CT molecular complexity index is 1600. The standard InChI is InChI=1S/C25H29N7O2S/c1-14(2)22-23(18-11-32-25(26-13-27-32)16(4)15(18)3)28-19-5-6-20(30-24(19)22)29-21-12-31(21)17-7-9-35(33,34)10-8-17/h5-6,11,13-14,17,28H,7-10,12H2,1-4H3. The molecule has 0 unspecified atom stereocenters. The van der Waals surface area contributed by atoms with Crippen molar-refractivity contribution in [2.24, 2.45) is 4.99 Å². The predicted molar refractivity (Wildman–Crippen MR) is 137 cm³/mol. The summed E-state index contributed by atoms with van der Waals surface area (Å²) in [5.41, 5.74) is 8.37. The minimum atomic E-state index is -2.86. The molecule has 2 fully saturated rings. The summed E-state index contributed by atoms with van der Waals surface area (Å²) in [7, 11) is -2.86. The van der Waals surface area contributed by atoms with Crippen molar-refractivity contribution in [2.45, 2.75) is 52.5 Å². The van der Waals surface area contributed by atoms with E-state index in [0.29, 0.717) is 18.7 Å². The monoisotopic (exact) mass is 491 g/mol. The number of hydrogen-bond donors (Lipinski definition) is 1. The molecule has 10 heteroatoms. The third kappa shape index (κ3) is 3.80. The molecule has 182 valence electrons. The highest BCUT2D eigenvalue weighted by atomic mass is 32.2. The molecule has 2 aliphatic heterocycles. The van der Waals surface area contributed by atoms with Gasteiger partial charge >= 0.3 is 0 Å². The van der Waals surface area contributed by atoms with Crippen LogP contribution in [0.25, 0.3) is 27.9 Å². The number of amidine groups is 1. The highest BCUT2D eigenvalue weighted by Crippen LogP contribution is 2.38. The van der Waals surface area contributed by atoms with Crippen molar-refractivity contribution in [1.82, 2.24) is 29.5 Å². The number of rotatable bonds is 4. The number of fused-ring (bicyclic) bond motifs is 2. The minimum Gasteiger partial charge on any atom is -0.353 e. The topological polar surface area (TPSA) is 108 Å². The average Bonchev–Trinajstić information content (AvgIpc) is 3.24. The van der Waals surface area contributed by atoms with Crippen LogP contribution < -0.4 is 0 Å². The van der Waals surface area contributed by atoms with Crippen LogP contribution in [0.15, 0.2) is 29.6 Å². The minimum absolute atomic E-state index is 0.252. The fourth-order valence-corrected chi connectivity index (χ4v) is 6.71. The van der Waals surface area contributed by atoms with Gasteiger partial charge in [0, 0.05) is 23.4 Å². The van der Waals surface area contributed by atoms with E-state index in [0.717, 1.165) is 51.4 Å². The van der Waals surface area contributed by atoms with Gasteiger partial charge in [-0.3, -0.25) is 0 Å². The van der Waals surface area contributed by atoms with Gasteiger partial charge < -0.3 is 9.88 Å². The van der Waals surface area contributed by atoms with Crippen LogP contribution in [-0.4, -0.2) is 67.8 Å². The highest BCUT2D eigenvalue weighted by Gasteiger charge is 2.38. The lowest BCUT2D eigenvalue weighted by molar-refractivity contribution is 0.396. The van der Waals surface area contributed by atoms with Gasteiger partial charge in [-0.25, -0.2) is 27.9 Å². The molecule has 6 heterocycles. The van der Waals surface area contributed by atoms with Gasteiger partial charge in [0.05, 0.1) is 34.8 Å². The number of H-pyrrole nitrogens is 1. The van der Waals surface area contributed by atoms with Gasteiger partial charge in [-0.05, 0) is 55.9 Å². The van der Waals surface area contributed by atoms with Gasteiger partial charge in [0.25, 0.3) is 0 Å². The summed E-state index contributed by atoms with van der Waals surface area (Å²) in [4.78, 5) is 20.0. The van der Waals surface area contributed by atoms with Gasteiger partial charge in [0.1, 0.15) is 22.0 Å². The molecule has 2 saturated heterocycles. The van der Waals surface area contributed by atoms with Crippen LogP contribution in [0.3, 0.4) is 0 Å². The Morgan fingerprint density at radius 2 is 1.91 bits per heavy atom. The van der Waals surface area contributed by atoms with E-state index >= 15 is 0 Å². The van der Waals surface area contributed by atoms with Gasteiger partial charge in [0.2, 0.25) is 0 Å². The van der Waals surface area contributed by atoms with Crippen molar-refractivity contribution in [1.29, 1.82) is 0 Å². The molecule has 4 aromatic rings. The molecule has 35 heavy (non-hydrogen) atoms. The lowest BCUT2D eigenvalue weighted by Gasteiger charge is -2.22. The SMILES string of the molecule is Cc1c(-c2[nH]c3ccc(N=C4CN4C4CCS(=O)(=O)CC4)nc3c2C(C)C)cn2ncnc2c1C. The Balaban J connectivity index is 1.37. The summed E-state index contributed by atoms with van der Waals surface area (Å²) < 4.78 is 25.3. The van der Waals surface area contributed by atoms with E-state index in [4.69, 9.17) is 9.98 Å². The van der Waals surface area contributed by atoms with Crippen LogP contribution in [0.2, 0.25) is 0 Å². The number of sulfone groups is 1. The molecule has 0 aromatic carbocycles. The zero-order valence-electron chi connectivity index (χ0n) is 20.4. The van der Waals surface area contributed by atoms with Crippen molar-refractivity contribution in [2.75, 3.05) is 18.1 Å². The lowest BCUT2D eigenvalue weighted by atomic mass is 9.95. The summed E-state index contributed by atoms with van der Waals surface area (Å²) in [6, 6.07) is 4.26. The molecule has 9 nitrogen and oxygen atoms in total. The van der Waals surface area contributed by atoms with E-state index in [1.807, 2.05) is 22.8 Å². The van der Waals surface area contributed by atoms with E-state index in [9.17, 15) is 8.42 Å². The van der Waals surface area contributed by atoms with Crippen molar-refractivity contribution >= 4 is 38.2 Å². The predicted octanol–water partition coefficient (Wildman–Crippen LogP) is 3.94. The number of pyridine rings is 2. The van der Waals surface area contributed by atoms with Crippen LogP contribution in [0.1, 0.15) is 49.3 Å². The number of aliphatic imine (C=N–C) groups is 1. The van der Waals surface area contributed by atoms with Gasteiger partial charge in [0.15, 0.2) is 11.5 Å². The van der Waals surface area contributed by atoms with E-state index < -0.39 is 9.84 Å². The summed E-state index contributed by atoms with van der Waals surface area (Å²) in [6.07, 6.45) is 4.98. The number of aryl methyl sites for hydroxylation is 1. The molecule has 0 bridgehead atoms. The second-order valence-corrected chi connectivity index (χ2v) is 12.3. The smallest absolute Gasteiger partial charge is 0.158 e. The number of nitrogens with zero attached hydrogens (tertiary/aromatic N) is 6. The molecular formula is C25H29N7O2S. The maximum absolute atomic E-state index is 11.7. The molecule has 6 rings (SSSR count). The van der Waals surface area contributed by atoms with E-state index in [1.54, 1.807) is 6.33 Å². The van der Waals surface area contributed by atoms with E-state index in [2.05, 4.69) is 47.7 Å². The molecule has 1 N–H and O–H groups in total. The second-order valence-electron chi connectivity index (χ2n) is 9.99. The van der Waals surface area contributed by atoms with Gasteiger partial charge in [-0.1, -0.05) is 13.8 Å². The first-order chi connectivity index (χ1) is 16.7.